The summed E-state index contributed by atoms with van der Waals surface area (Å²) >= 11 is 0. The Kier molecular flexibility index (Phi) is 7.67. The highest BCUT2D eigenvalue weighted by molar-refractivity contribution is 5.94. The number of fused-ring (bicyclic) bond motifs is 1. The molecule has 198 valence electrons. The number of likely N-dealkylation sites (tertiary alicyclic amines) is 1. The van der Waals surface area contributed by atoms with Gasteiger partial charge in [-0.05, 0) is 86.5 Å². The van der Waals surface area contributed by atoms with Crippen molar-refractivity contribution in [1.82, 2.24) is 24.8 Å². The Morgan fingerprint density at radius 3 is 2.66 bits per heavy atom. The third-order valence-electron chi connectivity index (χ3n) is 7.37. The van der Waals surface area contributed by atoms with Crippen molar-refractivity contribution in [2.24, 2.45) is 0 Å². The molecule has 1 aromatic carbocycles. The molecular weight excluding hydrogens is 480 g/mol. The van der Waals surface area contributed by atoms with Crippen LogP contribution in [0.25, 0.3) is 22.2 Å². The van der Waals surface area contributed by atoms with Gasteiger partial charge in [0.05, 0.1) is 37.2 Å². The molecule has 1 fully saturated rings. The second kappa shape index (κ2) is 11.3. The Hall–Kier alpha value is -3.82. The van der Waals surface area contributed by atoms with E-state index in [1.54, 1.807) is 32.8 Å². The van der Waals surface area contributed by atoms with Gasteiger partial charge in [0.15, 0.2) is 0 Å². The zero-order chi connectivity index (χ0) is 26.6. The average molecular weight is 515 g/mol. The number of anilines is 2. The number of piperidine rings is 1. The first-order valence-electron chi connectivity index (χ1n) is 13.0. The molecule has 4 heterocycles. The number of aromatic amines is 1. The average Bonchev–Trinajstić information content (AvgIpc) is 2.93. The smallest absolute Gasteiger partial charge is 0.259 e. The Balaban J connectivity index is 1.42. The van der Waals surface area contributed by atoms with Crippen LogP contribution < -0.4 is 15.6 Å². The van der Waals surface area contributed by atoms with E-state index in [-0.39, 0.29) is 5.56 Å². The Bertz CT molecular complexity index is 1480. The highest BCUT2D eigenvalue weighted by Crippen LogP contribution is 2.33. The molecule has 9 heteroatoms. The molecule has 9 nitrogen and oxygen atoms in total. The number of methoxy groups -OCH3 is 2. The van der Waals surface area contributed by atoms with Gasteiger partial charge in [-0.25, -0.2) is 9.97 Å². The quantitative estimate of drug-likeness (QED) is 0.350. The van der Waals surface area contributed by atoms with E-state index in [4.69, 9.17) is 14.5 Å². The molecule has 4 aromatic rings. The van der Waals surface area contributed by atoms with Gasteiger partial charge in [0.1, 0.15) is 11.5 Å². The molecule has 0 amide bonds. The Labute approximate surface area is 222 Å². The molecule has 3 aromatic heterocycles. The van der Waals surface area contributed by atoms with Crippen LogP contribution in [0.2, 0.25) is 0 Å². The van der Waals surface area contributed by atoms with Crippen LogP contribution in [0, 0.1) is 6.92 Å². The van der Waals surface area contributed by atoms with Gasteiger partial charge < -0.3 is 19.8 Å². The third-order valence-corrected chi connectivity index (χ3v) is 7.37. The van der Waals surface area contributed by atoms with Gasteiger partial charge in [0.2, 0.25) is 5.88 Å². The minimum Gasteiger partial charge on any atom is -0.480 e. The number of hydrogen-bond acceptors (Lipinski definition) is 8. The van der Waals surface area contributed by atoms with Crippen LogP contribution in [0.1, 0.15) is 36.8 Å². The maximum atomic E-state index is 12.8. The first-order chi connectivity index (χ1) is 18.5. The fourth-order valence-electron chi connectivity index (χ4n) is 5.35. The van der Waals surface area contributed by atoms with E-state index in [1.165, 1.54) is 11.1 Å². The van der Waals surface area contributed by atoms with E-state index < -0.39 is 0 Å². The first kappa shape index (κ1) is 25.8. The third kappa shape index (κ3) is 5.39. The monoisotopic (exact) mass is 514 g/mol. The van der Waals surface area contributed by atoms with Crippen LogP contribution in [0.3, 0.4) is 0 Å². The van der Waals surface area contributed by atoms with Crippen molar-refractivity contribution < 1.29 is 9.47 Å². The standard InChI is InChI=1S/C29H34N6O3/c1-18-13-22(5-6-23(18)20-8-11-35(12-9-20)19(2)17-37-3)32-28-27-21(7-10-31-29(27)36)14-24(34-28)25-15-30-16-26(33-25)38-4/h5-7,10,13-16,19-20H,8-9,11-12,17H2,1-4H3,(H,31,36)(H,32,34). The number of ether oxygens (including phenoxy) is 2. The molecule has 5 rings (SSSR count). The predicted octanol–water partition coefficient (Wildman–Crippen LogP) is 4.66. The molecule has 1 aliphatic rings. The summed E-state index contributed by atoms with van der Waals surface area (Å²) < 4.78 is 10.6. The second-order valence-corrected chi connectivity index (χ2v) is 9.88. The van der Waals surface area contributed by atoms with E-state index in [1.807, 2.05) is 12.1 Å². The number of aryl methyl sites for hydroxylation is 1. The lowest BCUT2D eigenvalue weighted by Crippen LogP contribution is -2.41. The van der Waals surface area contributed by atoms with Crippen molar-refractivity contribution in [3.63, 3.8) is 0 Å². The highest BCUT2D eigenvalue weighted by Gasteiger charge is 2.24. The maximum absolute atomic E-state index is 12.8. The van der Waals surface area contributed by atoms with Gasteiger partial charge in [0, 0.05) is 25.0 Å². The van der Waals surface area contributed by atoms with E-state index >= 15 is 0 Å². The Morgan fingerprint density at radius 1 is 1.11 bits per heavy atom. The summed E-state index contributed by atoms with van der Waals surface area (Å²) in [5.41, 5.74) is 4.44. The van der Waals surface area contributed by atoms with Gasteiger partial charge >= 0.3 is 0 Å². The van der Waals surface area contributed by atoms with Gasteiger partial charge in [-0.1, -0.05) is 6.07 Å². The number of benzene rings is 1. The summed E-state index contributed by atoms with van der Waals surface area (Å²) in [5, 5.41) is 4.65. The lowest BCUT2D eigenvalue weighted by molar-refractivity contribution is 0.0819. The molecule has 38 heavy (non-hydrogen) atoms. The predicted molar refractivity (Wildman–Crippen MR) is 149 cm³/mol. The van der Waals surface area contributed by atoms with Crippen molar-refractivity contribution in [3.8, 4) is 17.3 Å². The number of rotatable bonds is 8. The van der Waals surface area contributed by atoms with Gasteiger partial charge in [-0.15, -0.1) is 0 Å². The minimum absolute atomic E-state index is 0.205. The zero-order valence-electron chi connectivity index (χ0n) is 22.3. The van der Waals surface area contributed by atoms with Crippen molar-refractivity contribution in [1.29, 1.82) is 0 Å². The van der Waals surface area contributed by atoms with Crippen molar-refractivity contribution in [2.45, 2.75) is 38.6 Å². The molecule has 1 atom stereocenters. The van der Waals surface area contributed by atoms with Crippen LogP contribution >= 0.6 is 0 Å². The molecule has 1 unspecified atom stereocenters. The number of nitrogens with one attached hydrogen (secondary N) is 2. The molecule has 2 N–H and O–H groups in total. The number of hydrogen-bond donors (Lipinski definition) is 2. The van der Waals surface area contributed by atoms with E-state index in [0.717, 1.165) is 43.6 Å². The van der Waals surface area contributed by atoms with E-state index in [0.29, 0.717) is 40.4 Å². The van der Waals surface area contributed by atoms with Crippen molar-refractivity contribution >= 4 is 22.3 Å². The molecule has 0 saturated carbocycles. The minimum atomic E-state index is -0.205. The zero-order valence-corrected chi connectivity index (χ0v) is 22.3. The van der Waals surface area contributed by atoms with Gasteiger partial charge in [-0.2, -0.15) is 0 Å². The summed E-state index contributed by atoms with van der Waals surface area (Å²) in [6, 6.07) is 10.6. The number of H-pyrrole nitrogens is 1. The molecule has 0 radical (unpaired) electrons. The number of nitrogens with zero attached hydrogens (tertiary/aromatic N) is 4. The fraction of sp³-hybridized carbons (Fsp3) is 0.379. The van der Waals surface area contributed by atoms with Crippen LogP contribution in [-0.4, -0.2) is 64.8 Å². The maximum Gasteiger partial charge on any atom is 0.259 e. The van der Waals surface area contributed by atoms with Crippen LogP contribution in [0.4, 0.5) is 11.5 Å². The van der Waals surface area contributed by atoms with Crippen LogP contribution in [0.5, 0.6) is 5.88 Å². The molecule has 0 spiro atoms. The lowest BCUT2D eigenvalue weighted by atomic mass is 9.86. The molecule has 1 saturated heterocycles. The van der Waals surface area contributed by atoms with E-state index in [2.05, 4.69) is 57.2 Å². The van der Waals surface area contributed by atoms with Crippen molar-refractivity contribution in [2.75, 3.05) is 39.2 Å². The Morgan fingerprint density at radius 2 is 1.92 bits per heavy atom. The van der Waals surface area contributed by atoms with Crippen LogP contribution in [-0.2, 0) is 4.74 Å². The van der Waals surface area contributed by atoms with E-state index in [9.17, 15) is 4.79 Å². The normalized spacial score (nSPS) is 15.5. The number of aromatic nitrogens is 4. The van der Waals surface area contributed by atoms with Crippen molar-refractivity contribution in [3.05, 3.63) is 70.4 Å². The summed E-state index contributed by atoms with van der Waals surface area (Å²) in [5.74, 6) is 1.40. The largest absolute Gasteiger partial charge is 0.480 e. The summed E-state index contributed by atoms with van der Waals surface area (Å²) in [7, 11) is 3.31. The van der Waals surface area contributed by atoms with Gasteiger partial charge in [-0.3, -0.25) is 14.7 Å². The SMILES string of the molecule is COCC(C)N1CCC(c2ccc(Nc3nc(-c4cncc(OC)n4)cc4cc[nH]c(=O)c34)cc2C)CC1. The van der Waals surface area contributed by atoms with Gasteiger partial charge in [0.25, 0.3) is 5.56 Å². The molecule has 0 aliphatic carbocycles. The summed E-state index contributed by atoms with van der Waals surface area (Å²) in [6.45, 7) is 7.30. The lowest BCUT2D eigenvalue weighted by Gasteiger charge is -2.36. The molecular formula is C29H34N6O3. The highest BCUT2D eigenvalue weighted by atomic mass is 16.5. The second-order valence-electron chi connectivity index (χ2n) is 9.88. The molecule has 0 bridgehead atoms. The summed E-state index contributed by atoms with van der Waals surface area (Å²) in [6.07, 6.45) is 7.08. The topological polar surface area (TPSA) is 105 Å². The number of pyridine rings is 2. The first-order valence-corrected chi connectivity index (χ1v) is 13.0. The fourth-order valence-corrected chi connectivity index (χ4v) is 5.35. The molecule has 1 aliphatic heterocycles. The summed E-state index contributed by atoms with van der Waals surface area (Å²) in [4.78, 5) is 31.5. The van der Waals surface area contributed by atoms with Crippen LogP contribution in [0.15, 0.2) is 53.7 Å².